The number of aryl methyl sites for hydroxylation is 1. The van der Waals surface area contributed by atoms with Gasteiger partial charge in [0.05, 0.1) is 6.61 Å². The first-order valence-corrected chi connectivity index (χ1v) is 9.99. The third kappa shape index (κ3) is 5.49. The van der Waals surface area contributed by atoms with Crippen molar-refractivity contribution >= 4 is 29.1 Å². The zero-order chi connectivity index (χ0) is 19.9. The van der Waals surface area contributed by atoms with Crippen LogP contribution in [0.4, 0.5) is 5.69 Å². The summed E-state index contributed by atoms with van der Waals surface area (Å²) < 4.78 is 5.71. The molecule has 1 saturated heterocycles. The van der Waals surface area contributed by atoms with E-state index < -0.39 is 0 Å². The largest absolute Gasteiger partial charge is 0.493 e. The summed E-state index contributed by atoms with van der Waals surface area (Å²) in [6.45, 7) is 4.00. The summed E-state index contributed by atoms with van der Waals surface area (Å²) in [4.78, 5) is 26.5. The van der Waals surface area contributed by atoms with Crippen LogP contribution in [-0.2, 0) is 4.79 Å². The number of hydrogen-bond acceptors (Lipinski definition) is 3. The van der Waals surface area contributed by atoms with Crippen molar-refractivity contribution < 1.29 is 14.3 Å². The van der Waals surface area contributed by atoms with Crippen LogP contribution in [0.2, 0.25) is 5.02 Å². The molecular formula is C22H25ClN2O3. The van der Waals surface area contributed by atoms with Crippen LogP contribution in [0.25, 0.3) is 0 Å². The monoisotopic (exact) mass is 400 g/mol. The van der Waals surface area contributed by atoms with Crippen LogP contribution < -0.4 is 10.1 Å². The number of likely N-dealkylation sites (tertiary alicyclic amines) is 1. The van der Waals surface area contributed by atoms with Crippen LogP contribution in [0.3, 0.4) is 0 Å². The van der Waals surface area contributed by atoms with Crippen molar-refractivity contribution in [3.63, 3.8) is 0 Å². The number of carbonyl (C=O) groups excluding carboxylic acids is 2. The van der Waals surface area contributed by atoms with Crippen molar-refractivity contribution in [1.29, 1.82) is 0 Å². The average Bonchev–Trinajstić information content (AvgIpc) is 3.21. The van der Waals surface area contributed by atoms with E-state index in [1.165, 1.54) is 0 Å². The van der Waals surface area contributed by atoms with Crippen LogP contribution in [0.1, 0.15) is 41.6 Å². The van der Waals surface area contributed by atoms with Crippen molar-refractivity contribution in [1.82, 2.24) is 4.90 Å². The summed E-state index contributed by atoms with van der Waals surface area (Å²) in [6.07, 6.45) is 3.05. The first kappa shape index (κ1) is 20.2. The number of rotatable bonds is 7. The Balaban J connectivity index is 1.45. The molecule has 0 unspecified atom stereocenters. The van der Waals surface area contributed by atoms with Crippen LogP contribution >= 0.6 is 11.6 Å². The molecule has 0 atom stereocenters. The summed E-state index contributed by atoms with van der Waals surface area (Å²) in [6, 6.07) is 12.6. The number of anilines is 1. The number of nitrogens with zero attached hydrogens (tertiary/aromatic N) is 1. The molecule has 28 heavy (non-hydrogen) atoms. The standard InChI is InChI=1S/C22H25ClN2O3/c1-16-14-18(23)9-10-20(16)28-13-5-8-21(26)24-19-7-4-6-17(15-19)22(27)25-11-2-3-12-25/h4,6-7,9-10,14-15H,2-3,5,8,11-13H2,1H3,(H,24,26). The second-order valence-corrected chi connectivity index (χ2v) is 7.43. The molecule has 1 aliphatic heterocycles. The van der Waals surface area contributed by atoms with Gasteiger partial charge in [0.15, 0.2) is 0 Å². The maximum atomic E-state index is 12.5. The highest BCUT2D eigenvalue weighted by Gasteiger charge is 2.19. The Bertz CT molecular complexity index is 847. The van der Waals surface area contributed by atoms with Gasteiger partial charge in [0.2, 0.25) is 5.91 Å². The number of benzene rings is 2. The quantitative estimate of drug-likeness (QED) is 0.686. The fourth-order valence-electron chi connectivity index (χ4n) is 3.25. The molecule has 1 heterocycles. The molecule has 0 aliphatic carbocycles. The van der Waals surface area contributed by atoms with E-state index >= 15 is 0 Å². The second-order valence-electron chi connectivity index (χ2n) is 6.99. The van der Waals surface area contributed by atoms with E-state index in [1.807, 2.05) is 24.0 Å². The Morgan fingerprint density at radius 2 is 1.93 bits per heavy atom. The van der Waals surface area contributed by atoms with Gasteiger partial charge in [0, 0.05) is 35.8 Å². The summed E-state index contributed by atoms with van der Waals surface area (Å²) in [5, 5.41) is 3.54. The summed E-state index contributed by atoms with van der Waals surface area (Å²) in [5.41, 5.74) is 2.22. The second kappa shape index (κ2) is 9.60. The molecule has 148 valence electrons. The van der Waals surface area contributed by atoms with Crippen LogP contribution in [0.5, 0.6) is 5.75 Å². The number of amides is 2. The number of nitrogens with one attached hydrogen (secondary N) is 1. The molecule has 1 fully saturated rings. The molecule has 3 rings (SSSR count). The summed E-state index contributed by atoms with van der Waals surface area (Å²) in [7, 11) is 0. The van der Waals surface area contributed by atoms with Crippen molar-refractivity contribution in [3.8, 4) is 5.75 Å². The number of carbonyl (C=O) groups is 2. The molecule has 0 radical (unpaired) electrons. The molecule has 2 aromatic carbocycles. The first-order valence-electron chi connectivity index (χ1n) is 9.61. The average molecular weight is 401 g/mol. The van der Waals surface area contributed by atoms with Crippen LogP contribution in [-0.4, -0.2) is 36.4 Å². The van der Waals surface area contributed by atoms with E-state index in [1.54, 1.807) is 30.3 Å². The van der Waals surface area contributed by atoms with Gasteiger partial charge in [-0.05, 0) is 68.1 Å². The Hall–Kier alpha value is -2.53. The summed E-state index contributed by atoms with van der Waals surface area (Å²) in [5.74, 6) is 0.709. The highest BCUT2D eigenvalue weighted by molar-refractivity contribution is 6.30. The van der Waals surface area contributed by atoms with Crippen LogP contribution in [0, 0.1) is 6.92 Å². The predicted octanol–water partition coefficient (Wildman–Crippen LogP) is 4.68. The Kier molecular flexibility index (Phi) is 6.93. The molecule has 2 amide bonds. The lowest BCUT2D eigenvalue weighted by Gasteiger charge is -2.15. The molecule has 0 spiro atoms. The lowest BCUT2D eigenvalue weighted by Crippen LogP contribution is -2.27. The minimum absolute atomic E-state index is 0.0281. The van der Waals surface area contributed by atoms with E-state index in [9.17, 15) is 9.59 Å². The van der Waals surface area contributed by atoms with Gasteiger partial charge >= 0.3 is 0 Å². The Morgan fingerprint density at radius 1 is 1.14 bits per heavy atom. The number of hydrogen-bond donors (Lipinski definition) is 1. The first-order chi connectivity index (χ1) is 13.5. The molecular weight excluding hydrogens is 376 g/mol. The van der Waals surface area contributed by atoms with E-state index in [0.717, 1.165) is 37.2 Å². The zero-order valence-electron chi connectivity index (χ0n) is 16.0. The van der Waals surface area contributed by atoms with Gasteiger partial charge in [0.25, 0.3) is 5.91 Å². The normalized spacial score (nSPS) is 13.4. The van der Waals surface area contributed by atoms with Crippen molar-refractivity contribution in [2.24, 2.45) is 0 Å². The molecule has 0 bridgehead atoms. The Labute approximate surface area is 170 Å². The predicted molar refractivity (Wildman–Crippen MR) is 111 cm³/mol. The molecule has 0 aromatic heterocycles. The minimum atomic E-state index is -0.0952. The highest BCUT2D eigenvalue weighted by atomic mass is 35.5. The Morgan fingerprint density at radius 3 is 2.68 bits per heavy atom. The molecule has 0 saturated carbocycles. The third-order valence-electron chi connectivity index (χ3n) is 4.73. The minimum Gasteiger partial charge on any atom is -0.493 e. The van der Waals surface area contributed by atoms with Gasteiger partial charge in [-0.15, -0.1) is 0 Å². The lowest BCUT2D eigenvalue weighted by molar-refractivity contribution is -0.116. The SMILES string of the molecule is Cc1cc(Cl)ccc1OCCCC(=O)Nc1cccc(C(=O)N2CCCC2)c1. The third-order valence-corrected chi connectivity index (χ3v) is 4.96. The number of ether oxygens (including phenoxy) is 1. The molecule has 1 aliphatic rings. The fourth-order valence-corrected chi connectivity index (χ4v) is 3.47. The van der Waals surface area contributed by atoms with Crippen LogP contribution in [0.15, 0.2) is 42.5 Å². The molecule has 6 heteroatoms. The molecule has 1 N–H and O–H groups in total. The van der Waals surface area contributed by atoms with E-state index in [-0.39, 0.29) is 11.8 Å². The van der Waals surface area contributed by atoms with Gasteiger partial charge < -0.3 is 15.0 Å². The van der Waals surface area contributed by atoms with Crippen molar-refractivity contribution in [3.05, 3.63) is 58.6 Å². The topological polar surface area (TPSA) is 58.6 Å². The lowest BCUT2D eigenvalue weighted by atomic mass is 10.1. The van der Waals surface area contributed by atoms with Gasteiger partial charge in [0.1, 0.15) is 5.75 Å². The summed E-state index contributed by atoms with van der Waals surface area (Å²) >= 11 is 5.93. The maximum absolute atomic E-state index is 12.5. The van der Waals surface area contributed by atoms with Gasteiger partial charge in [-0.25, -0.2) is 0 Å². The van der Waals surface area contributed by atoms with Gasteiger partial charge in [-0.1, -0.05) is 17.7 Å². The smallest absolute Gasteiger partial charge is 0.253 e. The maximum Gasteiger partial charge on any atom is 0.253 e. The highest BCUT2D eigenvalue weighted by Crippen LogP contribution is 2.22. The van der Waals surface area contributed by atoms with Crippen molar-refractivity contribution in [2.45, 2.75) is 32.6 Å². The van der Waals surface area contributed by atoms with E-state index in [4.69, 9.17) is 16.3 Å². The fraction of sp³-hybridized carbons (Fsp3) is 0.364. The number of halogens is 1. The van der Waals surface area contributed by atoms with Gasteiger partial charge in [-0.3, -0.25) is 9.59 Å². The van der Waals surface area contributed by atoms with E-state index in [0.29, 0.717) is 35.7 Å². The molecule has 2 aromatic rings. The van der Waals surface area contributed by atoms with Gasteiger partial charge in [-0.2, -0.15) is 0 Å². The molecule has 5 nitrogen and oxygen atoms in total. The zero-order valence-corrected chi connectivity index (χ0v) is 16.8. The van der Waals surface area contributed by atoms with Crippen molar-refractivity contribution in [2.75, 3.05) is 25.0 Å². The van der Waals surface area contributed by atoms with E-state index in [2.05, 4.69) is 5.32 Å².